The summed E-state index contributed by atoms with van der Waals surface area (Å²) in [5, 5.41) is 2.98. The third-order valence-electron chi connectivity index (χ3n) is 2.25. The van der Waals surface area contributed by atoms with E-state index in [4.69, 9.17) is 4.74 Å². The predicted octanol–water partition coefficient (Wildman–Crippen LogP) is 2.63. The summed E-state index contributed by atoms with van der Waals surface area (Å²) < 4.78 is 18.7. The first kappa shape index (κ1) is 14.1. The zero-order chi connectivity index (χ0) is 12.8. The summed E-state index contributed by atoms with van der Waals surface area (Å²) in [6.45, 7) is 4.23. The van der Waals surface area contributed by atoms with Gasteiger partial charge in [0.2, 0.25) is 0 Å². The largest absolute Gasteiger partial charge is 0.465 e. The van der Waals surface area contributed by atoms with Crippen molar-refractivity contribution in [3.8, 4) is 0 Å². The predicted molar refractivity (Wildman–Crippen MR) is 67.0 cm³/mol. The van der Waals surface area contributed by atoms with Gasteiger partial charge in [-0.05, 0) is 37.6 Å². The van der Waals surface area contributed by atoms with Crippen LogP contribution in [0.25, 0.3) is 0 Å². The van der Waals surface area contributed by atoms with Crippen molar-refractivity contribution in [1.82, 2.24) is 5.32 Å². The number of halogens is 2. The van der Waals surface area contributed by atoms with Gasteiger partial charge in [-0.15, -0.1) is 0 Å². The Kier molecular flexibility index (Phi) is 5.58. The molecule has 1 unspecified atom stereocenters. The van der Waals surface area contributed by atoms with Gasteiger partial charge < -0.3 is 10.1 Å². The standard InChI is InChI=1S/C12H15BrFNO2/c1-3-17-12(16)8(2)15-7-9-6-10(14)4-5-11(9)13/h4-6,8,15H,3,7H2,1-2H3. The van der Waals surface area contributed by atoms with Crippen LogP contribution < -0.4 is 5.32 Å². The van der Waals surface area contributed by atoms with E-state index in [-0.39, 0.29) is 11.8 Å². The highest BCUT2D eigenvalue weighted by molar-refractivity contribution is 9.10. The molecule has 1 aromatic carbocycles. The van der Waals surface area contributed by atoms with E-state index in [1.807, 2.05) is 0 Å². The Morgan fingerprint density at radius 1 is 1.59 bits per heavy atom. The normalized spacial score (nSPS) is 12.2. The maximum absolute atomic E-state index is 13.0. The van der Waals surface area contributed by atoms with Gasteiger partial charge in [0.25, 0.3) is 0 Å². The van der Waals surface area contributed by atoms with Crippen LogP contribution >= 0.6 is 15.9 Å². The molecule has 1 aromatic rings. The van der Waals surface area contributed by atoms with Crippen LogP contribution in [0.2, 0.25) is 0 Å². The van der Waals surface area contributed by atoms with Crippen LogP contribution in [-0.4, -0.2) is 18.6 Å². The summed E-state index contributed by atoms with van der Waals surface area (Å²) in [6.07, 6.45) is 0. The molecule has 0 saturated carbocycles. The van der Waals surface area contributed by atoms with Crippen molar-refractivity contribution in [2.24, 2.45) is 0 Å². The summed E-state index contributed by atoms with van der Waals surface area (Å²) in [5.41, 5.74) is 0.765. The molecular formula is C12H15BrFNO2. The van der Waals surface area contributed by atoms with Crippen LogP contribution in [0.4, 0.5) is 4.39 Å². The van der Waals surface area contributed by atoms with Crippen LogP contribution in [0, 0.1) is 5.82 Å². The van der Waals surface area contributed by atoms with Crippen LogP contribution in [0.1, 0.15) is 19.4 Å². The minimum absolute atomic E-state index is 0.297. The fourth-order valence-corrected chi connectivity index (χ4v) is 1.68. The number of rotatable bonds is 5. The quantitative estimate of drug-likeness (QED) is 0.850. The van der Waals surface area contributed by atoms with E-state index in [2.05, 4.69) is 21.2 Å². The van der Waals surface area contributed by atoms with Crippen molar-refractivity contribution >= 4 is 21.9 Å². The first-order chi connectivity index (χ1) is 8.04. The van der Waals surface area contributed by atoms with Crippen LogP contribution in [0.5, 0.6) is 0 Å². The van der Waals surface area contributed by atoms with Gasteiger partial charge in [-0.25, -0.2) is 4.39 Å². The Balaban J connectivity index is 2.55. The second kappa shape index (κ2) is 6.71. The van der Waals surface area contributed by atoms with Crippen LogP contribution in [0.3, 0.4) is 0 Å². The first-order valence-corrected chi connectivity index (χ1v) is 6.17. The summed E-state index contributed by atoms with van der Waals surface area (Å²) in [6, 6.07) is 4.03. The molecule has 0 aliphatic heterocycles. The maximum Gasteiger partial charge on any atom is 0.322 e. The van der Waals surface area contributed by atoms with E-state index in [9.17, 15) is 9.18 Å². The Hall–Kier alpha value is -0.940. The molecule has 1 N–H and O–H groups in total. The highest BCUT2D eigenvalue weighted by Crippen LogP contribution is 2.17. The minimum Gasteiger partial charge on any atom is -0.465 e. The highest BCUT2D eigenvalue weighted by Gasteiger charge is 2.13. The molecule has 1 atom stereocenters. The Morgan fingerprint density at radius 2 is 2.29 bits per heavy atom. The molecule has 0 fully saturated rings. The number of ether oxygens (including phenoxy) is 1. The lowest BCUT2D eigenvalue weighted by atomic mass is 10.2. The van der Waals surface area contributed by atoms with E-state index in [0.29, 0.717) is 13.2 Å². The molecule has 3 nitrogen and oxygen atoms in total. The Bertz CT molecular complexity index is 398. The Labute approximate surface area is 108 Å². The van der Waals surface area contributed by atoms with E-state index in [1.54, 1.807) is 19.9 Å². The smallest absolute Gasteiger partial charge is 0.322 e. The lowest BCUT2D eigenvalue weighted by molar-refractivity contribution is -0.145. The molecular weight excluding hydrogens is 289 g/mol. The van der Waals surface area contributed by atoms with Gasteiger partial charge in [0.05, 0.1) is 6.61 Å². The zero-order valence-corrected chi connectivity index (χ0v) is 11.4. The second-order valence-corrected chi connectivity index (χ2v) is 4.44. The average molecular weight is 304 g/mol. The molecule has 0 amide bonds. The van der Waals surface area contributed by atoms with Gasteiger partial charge in [0.1, 0.15) is 11.9 Å². The lowest BCUT2D eigenvalue weighted by Gasteiger charge is -2.13. The molecule has 0 aliphatic carbocycles. The SMILES string of the molecule is CCOC(=O)C(C)NCc1cc(F)ccc1Br. The summed E-state index contributed by atoms with van der Waals surface area (Å²) >= 11 is 3.33. The molecule has 0 heterocycles. The molecule has 0 aromatic heterocycles. The van der Waals surface area contributed by atoms with E-state index < -0.39 is 6.04 Å². The lowest BCUT2D eigenvalue weighted by Crippen LogP contribution is -2.35. The van der Waals surface area contributed by atoms with Gasteiger partial charge in [0, 0.05) is 11.0 Å². The van der Waals surface area contributed by atoms with E-state index in [0.717, 1.165) is 10.0 Å². The molecule has 5 heteroatoms. The van der Waals surface area contributed by atoms with Crippen molar-refractivity contribution in [3.05, 3.63) is 34.1 Å². The maximum atomic E-state index is 13.0. The summed E-state index contributed by atoms with van der Waals surface area (Å²) in [4.78, 5) is 11.3. The van der Waals surface area contributed by atoms with Crippen molar-refractivity contribution < 1.29 is 13.9 Å². The fraction of sp³-hybridized carbons (Fsp3) is 0.417. The monoisotopic (exact) mass is 303 g/mol. The number of benzene rings is 1. The molecule has 0 saturated heterocycles. The number of carbonyl (C=O) groups is 1. The molecule has 0 bridgehead atoms. The van der Waals surface area contributed by atoms with Crippen molar-refractivity contribution in [1.29, 1.82) is 0 Å². The fourth-order valence-electron chi connectivity index (χ4n) is 1.29. The molecule has 17 heavy (non-hydrogen) atoms. The Morgan fingerprint density at radius 3 is 2.94 bits per heavy atom. The summed E-state index contributed by atoms with van der Waals surface area (Å²) in [7, 11) is 0. The molecule has 1 rings (SSSR count). The highest BCUT2D eigenvalue weighted by atomic mass is 79.9. The number of carbonyl (C=O) groups excluding carboxylic acids is 1. The first-order valence-electron chi connectivity index (χ1n) is 5.38. The van der Waals surface area contributed by atoms with Gasteiger partial charge in [-0.3, -0.25) is 4.79 Å². The topological polar surface area (TPSA) is 38.3 Å². The van der Waals surface area contributed by atoms with Gasteiger partial charge >= 0.3 is 5.97 Å². The number of hydrogen-bond donors (Lipinski definition) is 1. The van der Waals surface area contributed by atoms with E-state index >= 15 is 0 Å². The van der Waals surface area contributed by atoms with E-state index in [1.165, 1.54) is 12.1 Å². The number of nitrogens with one attached hydrogen (secondary N) is 1. The number of hydrogen-bond acceptors (Lipinski definition) is 3. The molecule has 94 valence electrons. The van der Waals surface area contributed by atoms with Gasteiger partial charge in [-0.1, -0.05) is 15.9 Å². The van der Waals surface area contributed by atoms with Gasteiger partial charge in [0.15, 0.2) is 0 Å². The minimum atomic E-state index is -0.412. The molecule has 0 aliphatic rings. The van der Waals surface area contributed by atoms with Crippen LogP contribution in [-0.2, 0) is 16.1 Å². The van der Waals surface area contributed by atoms with Crippen molar-refractivity contribution in [2.45, 2.75) is 26.4 Å². The molecule has 0 spiro atoms. The molecule has 0 radical (unpaired) electrons. The third kappa shape index (κ3) is 4.44. The second-order valence-electron chi connectivity index (χ2n) is 3.59. The zero-order valence-electron chi connectivity index (χ0n) is 9.80. The van der Waals surface area contributed by atoms with Crippen LogP contribution in [0.15, 0.2) is 22.7 Å². The third-order valence-corrected chi connectivity index (χ3v) is 3.02. The van der Waals surface area contributed by atoms with Crippen molar-refractivity contribution in [3.63, 3.8) is 0 Å². The van der Waals surface area contributed by atoms with Gasteiger partial charge in [-0.2, -0.15) is 0 Å². The summed E-state index contributed by atoms with van der Waals surface area (Å²) in [5.74, 6) is -0.603. The van der Waals surface area contributed by atoms with Crippen molar-refractivity contribution in [2.75, 3.05) is 6.61 Å². The average Bonchev–Trinajstić information content (AvgIpc) is 2.30. The number of esters is 1.